The second-order valence-corrected chi connectivity index (χ2v) is 12.8. The summed E-state index contributed by atoms with van der Waals surface area (Å²) in [5.41, 5.74) is 6.95. The molecule has 3 N–H and O–H groups in total. The Labute approximate surface area is 253 Å². The Kier molecular flexibility index (Phi) is 6.40. The molecule has 4 saturated heterocycles. The molecule has 2 bridgehead atoms. The predicted molar refractivity (Wildman–Crippen MR) is 165 cm³/mol. The van der Waals surface area contributed by atoms with Gasteiger partial charge in [0.05, 0.1) is 11.1 Å². The molecule has 3 aromatic carbocycles. The van der Waals surface area contributed by atoms with Gasteiger partial charge in [-0.3, -0.25) is 4.90 Å². The van der Waals surface area contributed by atoms with E-state index < -0.39 is 23.3 Å². The molecule has 0 aliphatic carbocycles. The van der Waals surface area contributed by atoms with E-state index in [0.717, 1.165) is 45.3 Å². The van der Waals surface area contributed by atoms with Crippen molar-refractivity contribution >= 4 is 33.2 Å². The third-order valence-electron chi connectivity index (χ3n) is 10.0. The lowest BCUT2D eigenvalue weighted by molar-refractivity contribution is 0.107. The van der Waals surface area contributed by atoms with Crippen molar-refractivity contribution in [1.29, 1.82) is 0 Å². The van der Waals surface area contributed by atoms with Crippen LogP contribution in [-0.4, -0.2) is 71.4 Å². The van der Waals surface area contributed by atoms with Crippen LogP contribution in [0.25, 0.3) is 32.8 Å². The molecule has 4 fully saturated rings. The molecule has 1 aromatic heterocycles. The molecule has 4 aliphatic heterocycles. The zero-order chi connectivity index (χ0) is 30.2. The summed E-state index contributed by atoms with van der Waals surface area (Å²) in [6, 6.07) is 10.4. The number of terminal acetylenes is 1. The molecule has 10 heteroatoms. The lowest BCUT2D eigenvalue weighted by atomic mass is 9.92. The third kappa shape index (κ3) is 4.36. The van der Waals surface area contributed by atoms with Gasteiger partial charge in [-0.15, -0.1) is 6.42 Å². The van der Waals surface area contributed by atoms with Crippen molar-refractivity contribution in [2.24, 2.45) is 0 Å². The number of nitrogens with one attached hydrogen (secondary N) is 1. The standard InChI is InChI=1S/C34H33F3N6O/c1-2-24-28(36)9-4-19-12-21(38)13-27(29(19)24)25-7-8-26-31(30(25)37)40-33(41-32(26)42-16-22-5-6-23(17-42)39-22)44-18-34-10-3-11-43(34)15-20(35)14-34/h1,4,7-9,12-13,20,22-23,39H,3,5-6,10-11,14-18,38H2/t20-,22?,23?,34+/m1/s1. The number of anilines is 2. The maximum atomic E-state index is 16.8. The van der Waals surface area contributed by atoms with Crippen molar-refractivity contribution in [2.45, 2.75) is 55.9 Å². The van der Waals surface area contributed by atoms with E-state index >= 15 is 4.39 Å². The van der Waals surface area contributed by atoms with Crippen molar-refractivity contribution in [3.63, 3.8) is 0 Å². The summed E-state index contributed by atoms with van der Waals surface area (Å²) in [5.74, 6) is 1.88. The van der Waals surface area contributed by atoms with Crippen molar-refractivity contribution in [2.75, 3.05) is 43.4 Å². The highest BCUT2D eigenvalue weighted by Crippen LogP contribution is 2.42. The number of rotatable bonds is 5. The van der Waals surface area contributed by atoms with Gasteiger partial charge in [0.15, 0.2) is 5.82 Å². The Balaban J connectivity index is 1.28. The van der Waals surface area contributed by atoms with E-state index in [1.807, 2.05) is 6.07 Å². The smallest absolute Gasteiger partial charge is 0.319 e. The Hall–Kier alpha value is -4.07. The predicted octanol–water partition coefficient (Wildman–Crippen LogP) is 5.19. The van der Waals surface area contributed by atoms with Crippen molar-refractivity contribution in [3.05, 3.63) is 53.6 Å². The summed E-state index contributed by atoms with van der Waals surface area (Å²) >= 11 is 0. The molecule has 8 rings (SSSR count). The van der Waals surface area contributed by atoms with E-state index in [9.17, 15) is 8.78 Å². The number of aromatic nitrogens is 2. The van der Waals surface area contributed by atoms with Gasteiger partial charge in [0.1, 0.15) is 29.9 Å². The van der Waals surface area contributed by atoms with Crippen LogP contribution in [0.2, 0.25) is 0 Å². The molecule has 0 spiro atoms. The summed E-state index contributed by atoms with van der Waals surface area (Å²) in [4.78, 5) is 13.8. The number of benzene rings is 3. The first-order valence-electron chi connectivity index (χ1n) is 15.3. The highest BCUT2D eigenvalue weighted by Gasteiger charge is 2.49. The first-order valence-corrected chi connectivity index (χ1v) is 15.3. The molecule has 5 heterocycles. The van der Waals surface area contributed by atoms with Gasteiger partial charge in [0.2, 0.25) is 0 Å². The summed E-state index contributed by atoms with van der Waals surface area (Å²) in [5, 5.41) is 5.21. The fraction of sp³-hybridized carbons (Fsp3) is 0.412. The van der Waals surface area contributed by atoms with Gasteiger partial charge in [-0.25, -0.2) is 13.2 Å². The first-order chi connectivity index (χ1) is 21.3. The van der Waals surface area contributed by atoms with Crippen LogP contribution in [0.15, 0.2) is 36.4 Å². The monoisotopic (exact) mass is 598 g/mol. The van der Waals surface area contributed by atoms with E-state index in [-0.39, 0.29) is 29.3 Å². The highest BCUT2D eigenvalue weighted by atomic mass is 19.1. The van der Waals surface area contributed by atoms with Crippen molar-refractivity contribution < 1.29 is 17.9 Å². The molecule has 0 saturated carbocycles. The van der Waals surface area contributed by atoms with E-state index in [2.05, 4.69) is 26.0 Å². The van der Waals surface area contributed by atoms with Gasteiger partial charge in [-0.1, -0.05) is 18.1 Å². The summed E-state index contributed by atoms with van der Waals surface area (Å²) in [6.07, 6.45) is 9.20. The van der Waals surface area contributed by atoms with Crippen LogP contribution in [0.4, 0.5) is 24.7 Å². The van der Waals surface area contributed by atoms with Crippen LogP contribution in [0.3, 0.4) is 0 Å². The number of fused-ring (bicyclic) bond motifs is 5. The number of hydrogen-bond acceptors (Lipinski definition) is 7. The topological polar surface area (TPSA) is 79.5 Å². The van der Waals surface area contributed by atoms with Crippen LogP contribution in [0.5, 0.6) is 6.01 Å². The maximum Gasteiger partial charge on any atom is 0.319 e. The lowest BCUT2D eigenvalue weighted by Crippen LogP contribution is -2.51. The van der Waals surface area contributed by atoms with E-state index in [1.165, 1.54) is 6.07 Å². The van der Waals surface area contributed by atoms with Gasteiger partial charge < -0.3 is 20.7 Å². The molecule has 4 atom stereocenters. The number of halogens is 3. The lowest BCUT2D eigenvalue weighted by Gasteiger charge is -2.34. The molecule has 7 nitrogen and oxygen atoms in total. The molecule has 4 aromatic rings. The quantitative estimate of drug-likeness (QED) is 0.242. The highest BCUT2D eigenvalue weighted by molar-refractivity contribution is 6.04. The van der Waals surface area contributed by atoms with Gasteiger partial charge >= 0.3 is 6.01 Å². The van der Waals surface area contributed by atoms with Crippen LogP contribution in [0.1, 0.15) is 37.7 Å². The minimum atomic E-state index is -0.894. The molecular formula is C34H33F3N6O. The Bertz CT molecular complexity index is 1850. The zero-order valence-corrected chi connectivity index (χ0v) is 24.3. The molecule has 0 radical (unpaired) electrons. The third-order valence-corrected chi connectivity index (χ3v) is 10.0. The molecule has 2 unspecified atom stereocenters. The van der Waals surface area contributed by atoms with E-state index in [0.29, 0.717) is 58.3 Å². The maximum absolute atomic E-state index is 16.8. The summed E-state index contributed by atoms with van der Waals surface area (Å²) in [7, 11) is 0. The SMILES string of the molecule is C#Cc1c(F)ccc2cc(N)cc(-c3ccc4c(N5CC6CCC(C5)N6)nc(OC[C@@]56CCCN5C[C@H](F)C6)nc4c3F)c12. The normalized spacial score (nSPS) is 26.4. The molecule has 226 valence electrons. The Morgan fingerprint density at radius 3 is 2.68 bits per heavy atom. The first kappa shape index (κ1) is 27.5. The fourth-order valence-corrected chi connectivity index (χ4v) is 8.07. The Morgan fingerprint density at radius 1 is 1.07 bits per heavy atom. The second-order valence-electron chi connectivity index (χ2n) is 12.8. The van der Waals surface area contributed by atoms with Crippen LogP contribution in [-0.2, 0) is 0 Å². The average molecular weight is 599 g/mol. The van der Waals surface area contributed by atoms with Crippen LogP contribution < -0.4 is 20.7 Å². The minimum absolute atomic E-state index is 0.0452. The minimum Gasteiger partial charge on any atom is -0.461 e. The van der Waals surface area contributed by atoms with Gasteiger partial charge in [-0.2, -0.15) is 9.97 Å². The number of piperazine rings is 1. The second kappa shape index (κ2) is 10.2. The van der Waals surface area contributed by atoms with E-state index in [1.54, 1.807) is 24.3 Å². The molecular weight excluding hydrogens is 565 g/mol. The van der Waals surface area contributed by atoms with Gasteiger partial charge in [0.25, 0.3) is 0 Å². The molecule has 4 aliphatic rings. The number of nitrogens with zero attached hydrogens (tertiary/aromatic N) is 4. The largest absolute Gasteiger partial charge is 0.461 e. The Morgan fingerprint density at radius 2 is 1.89 bits per heavy atom. The number of nitrogen functional groups attached to an aromatic ring is 1. The van der Waals surface area contributed by atoms with Gasteiger partial charge in [0, 0.05) is 60.2 Å². The van der Waals surface area contributed by atoms with Crippen molar-refractivity contribution in [1.82, 2.24) is 20.2 Å². The summed E-state index contributed by atoms with van der Waals surface area (Å²) in [6.45, 7) is 2.94. The average Bonchev–Trinajstić information content (AvgIpc) is 3.66. The summed E-state index contributed by atoms with van der Waals surface area (Å²) < 4.78 is 52.4. The number of hydrogen-bond donors (Lipinski definition) is 2. The number of ether oxygens (including phenoxy) is 1. The van der Waals surface area contributed by atoms with Crippen LogP contribution >= 0.6 is 0 Å². The van der Waals surface area contributed by atoms with E-state index in [4.69, 9.17) is 21.9 Å². The van der Waals surface area contributed by atoms with Gasteiger partial charge in [-0.05, 0) is 67.4 Å². The number of alkyl halides is 1. The fourth-order valence-electron chi connectivity index (χ4n) is 8.07. The molecule has 0 amide bonds. The number of nitrogens with two attached hydrogens (primary N) is 1. The van der Waals surface area contributed by atoms with Crippen molar-refractivity contribution in [3.8, 4) is 29.5 Å². The van der Waals surface area contributed by atoms with Crippen LogP contribution in [0, 0.1) is 24.0 Å². The zero-order valence-electron chi connectivity index (χ0n) is 24.3. The molecule has 44 heavy (non-hydrogen) atoms.